The quantitative estimate of drug-likeness (QED) is 0.623. The molecule has 0 bridgehead atoms. The van der Waals surface area contributed by atoms with Crippen LogP contribution in [0.4, 0.5) is 0 Å². The summed E-state index contributed by atoms with van der Waals surface area (Å²) in [6.07, 6.45) is 0.829. The zero-order valence-electron chi connectivity index (χ0n) is 8.57. The molecule has 1 aromatic carbocycles. The van der Waals surface area contributed by atoms with Gasteiger partial charge >= 0.3 is 5.97 Å². The van der Waals surface area contributed by atoms with Crippen molar-refractivity contribution in [3.63, 3.8) is 0 Å². The summed E-state index contributed by atoms with van der Waals surface area (Å²) < 4.78 is 4.57. The van der Waals surface area contributed by atoms with Crippen LogP contribution in [-0.2, 0) is 9.53 Å². The van der Waals surface area contributed by atoms with Crippen molar-refractivity contribution in [2.24, 2.45) is 0 Å². The van der Waals surface area contributed by atoms with Gasteiger partial charge in [0, 0.05) is 5.92 Å². The van der Waals surface area contributed by atoms with Crippen LogP contribution in [0.15, 0.2) is 30.3 Å². The van der Waals surface area contributed by atoms with Crippen molar-refractivity contribution in [1.29, 1.82) is 0 Å². The van der Waals surface area contributed by atoms with E-state index in [9.17, 15) is 4.79 Å². The fourth-order valence-electron chi connectivity index (χ4n) is 1.78. The molecule has 80 valence electrons. The van der Waals surface area contributed by atoms with Gasteiger partial charge in [0.15, 0.2) is 0 Å². The topological polar surface area (TPSA) is 26.3 Å². The van der Waals surface area contributed by atoms with E-state index in [1.165, 1.54) is 5.56 Å². The lowest BCUT2D eigenvalue weighted by atomic mass is 10.1. The maximum Gasteiger partial charge on any atom is 0.323 e. The lowest BCUT2D eigenvalue weighted by molar-refractivity contribution is -0.143. The summed E-state index contributed by atoms with van der Waals surface area (Å²) in [5.74, 6) is 0.122. The molecule has 15 heavy (non-hydrogen) atoms. The SMILES string of the molecule is CCOC(=O)[C@@]1(Br)C[C@H]1c1ccccc1. The molecular weight excluding hydrogens is 256 g/mol. The Morgan fingerprint density at radius 1 is 1.53 bits per heavy atom. The molecule has 2 atom stereocenters. The molecule has 2 rings (SSSR count). The average Bonchev–Trinajstić information content (AvgIpc) is 2.94. The molecule has 0 unspecified atom stereocenters. The zero-order valence-corrected chi connectivity index (χ0v) is 10.2. The van der Waals surface area contributed by atoms with Gasteiger partial charge in [0.25, 0.3) is 0 Å². The fourth-order valence-corrected chi connectivity index (χ4v) is 2.48. The second-order valence-electron chi connectivity index (χ2n) is 3.75. The number of hydrogen-bond donors (Lipinski definition) is 0. The van der Waals surface area contributed by atoms with Crippen molar-refractivity contribution in [1.82, 2.24) is 0 Å². The molecule has 0 heterocycles. The summed E-state index contributed by atoms with van der Waals surface area (Å²) in [5, 5.41) is 0. The first-order valence-corrected chi connectivity index (χ1v) is 5.89. The second kappa shape index (κ2) is 3.97. The number of hydrogen-bond acceptors (Lipinski definition) is 2. The zero-order chi connectivity index (χ0) is 10.9. The van der Waals surface area contributed by atoms with Crippen molar-refractivity contribution in [2.75, 3.05) is 6.61 Å². The second-order valence-corrected chi connectivity index (χ2v) is 5.17. The lowest BCUT2D eigenvalue weighted by Gasteiger charge is -2.08. The third-order valence-electron chi connectivity index (χ3n) is 2.71. The summed E-state index contributed by atoms with van der Waals surface area (Å²) in [4.78, 5) is 11.6. The van der Waals surface area contributed by atoms with E-state index in [-0.39, 0.29) is 11.9 Å². The fraction of sp³-hybridized carbons (Fsp3) is 0.417. The Morgan fingerprint density at radius 2 is 2.20 bits per heavy atom. The highest BCUT2D eigenvalue weighted by Crippen LogP contribution is 2.58. The van der Waals surface area contributed by atoms with E-state index in [1.807, 2.05) is 37.3 Å². The minimum atomic E-state index is -0.468. The van der Waals surface area contributed by atoms with Gasteiger partial charge < -0.3 is 4.74 Å². The van der Waals surface area contributed by atoms with Gasteiger partial charge in [0.1, 0.15) is 4.32 Å². The number of carbonyl (C=O) groups is 1. The van der Waals surface area contributed by atoms with Crippen molar-refractivity contribution < 1.29 is 9.53 Å². The van der Waals surface area contributed by atoms with Crippen molar-refractivity contribution in [3.8, 4) is 0 Å². The van der Waals surface area contributed by atoms with Crippen LogP contribution in [0.2, 0.25) is 0 Å². The largest absolute Gasteiger partial charge is 0.465 e. The molecule has 0 aliphatic heterocycles. The van der Waals surface area contributed by atoms with Gasteiger partial charge in [-0.15, -0.1) is 0 Å². The molecule has 0 aromatic heterocycles. The van der Waals surface area contributed by atoms with Gasteiger partial charge in [-0.3, -0.25) is 4.79 Å². The standard InChI is InChI=1S/C12H13BrO2/c1-2-15-11(14)12(13)8-10(12)9-6-4-3-5-7-9/h3-7,10H,2,8H2,1H3/t10-,12+/m0/s1. The Labute approximate surface area is 97.8 Å². The predicted molar refractivity (Wildman–Crippen MR) is 62.1 cm³/mol. The normalized spacial score (nSPS) is 28.5. The van der Waals surface area contributed by atoms with Crippen molar-refractivity contribution in [2.45, 2.75) is 23.6 Å². The molecule has 0 saturated heterocycles. The van der Waals surface area contributed by atoms with Gasteiger partial charge in [-0.1, -0.05) is 46.3 Å². The molecular formula is C12H13BrO2. The monoisotopic (exact) mass is 268 g/mol. The molecule has 1 fully saturated rings. The Morgan fingerprint density at radius 3 is 2.80 bits per heavy atom. The Balaban J connectivity index is 2.09. The van der Waals surface area contributed by atoms with Crippen LogP contribution in [0.5, 0.6) is 0 Å². The van der Waals surface area contributed by atoms with Gasteiger partial charge in [-0.2, -0.15) is 0 Å². The Bertz CT molecular complexity index is 363. The molecule has 0 radical (unpaired) electrons. The first-order valence-electron chi connectivity index (χ1n) is 5.09. The molecule has 0 N–H and O–H groups in total. The number of benzene rings is 1. The van der Waals surface area contributed by atoms with E-state index in [4.69, 9.17) is 4.74 Å². The Kier molecular flexibility index (Phi) is 2.83. The van der Waals surface area contributed by atoms with E-state index in [0.717, 1.165) is 6.42 Å². The molecule has 1 aromatic rings. The van der Waals surface area contributed by atoms with Gasteiger partial charge in [-0.25, -0.2) is 0 Å². The van der Waals surface area contributed by atoms with E-state index in [0.29, 0.717) is 6.61 Å². The summed E-state index contributed by atoms with van der Waals surface area (Å²) in [5.41, 5.74) is 1.20. The smallest absolute Gasteiger partial charge is 0.323 e. The molecule has 0 spiro atoms. The van der Waals surface area contributed by atoms with E-state index in [1.54, 1.807) is 0 Å². The number of halogens is 1. The van der Waals surface area contributed by atoms with Crippen molar-refractivity contribution in [3.05, 3.63) is 35.9 Å². The third-order valence-corrected chi connectivity index (χ3v) is 3.91. The lowest BCUT2D eigenvalue weighted by Crippen LogP contribution is -2.20. The number of esters is 1. The highest BCUT2D eigenvalue weighted by molar-refractivity contribution is 9.10. The average molecular weight is 269 g/mol. The van der Waals surface area contributed by atoms with E-state index < -0.39 is 4.32 Å². The maximum atomic E-state index is 11.6. The highest BCUT2D eigenvalue weighted by Gasteiger charge is 2.60. The van der Waals surface area contributed by atoms with Crippen LogP contribution in [0.3, 0.4) is 0 Å². The molecule has 1 saturated carbocycles. The van der Waals surface area contributed by atoms with Crippen LogP contribution >= 0.6 is 15.9 Å². The van der Waals surface area contributed by atoms with Crippen LogP contribution in [0.25, 0.3) is 0 Å². The summed E-state index contributed by atoms with van der Waals surface area (Å²) in [7, 11) is 0. The molecule has 2 nitrogen and oxygen atoms in total. The Hall–Kier alpha value is -0.830. The van der Waals surface area contributed by atoms with Crippen LogP contribution < -0.4 is 0 Å². The minimum Gasteiger partial charge on any atom is -0.465 e. The van der Waals surface area contributed by atoms with Gasteiger partial charge in [0.2, 0.25) is 0 Å². The van der Waals surface area contributed by atoms with Crippen LogP contribution in [0.1, 0.15) is 24.8 Å². The predicted octanol–water partition coefficient (Wildman–Crippen LogP) is 2.87. The molecule has 0 amide bonds. The molecule has 1 aliphatic rings. The molecule has 1 aliphatic carbocycles. The maximum absolute atomic E-state index is 11.6. The number of rotatable bonds is 3. The molecule has 3 heteroatoms. The third kappa shape index (κ3) is 1.93. The van der Waals surface area contributed by atoms with Gasteiger partial charge in [0.05, 0.1) is 6.61 Å². The van der Waals surface area contributed by atoms with Gasteiger partial charge in [-0.05, 0) is 18.9 Å². The number of alkyl halides is 1. The van der Waals surface area contributed by atoms with E-state index in [2.05, 4.69) is 15.9 Å². The number of carbonyl (C=O) groups excluding carboxylic acids is 1. The summed E-state index contributed by atoms with van der Waals surface area (Å²) >= 11 is 3.48. The minimum absolute atomic E-state index is 0.140. The van der Waals surface area contributed by atoms with Crippen LogP contribution in [0, 0.1) is 0 Å². The first-order chi connectivity index (χ1) is 7.18. The summed E-state index contributed by atoms with van der Waals surface area (Å²) in [6, 6.07) is 10.1. The van der Waals surface area contributed by atoms with E-state index >= 15 is 0 Å². The van der Waals surface area contributed by atoms with Crippen molar-refractivity contribution >= 4 is 21.9 Å². The number of ether oxygens (including phenoxy) is 1. The van der Waals surface area contributed by atoms with Crippen LogP contribution in [-0.4, -0.2) is 16.9 Å². The first kappa shape index (κ1) is 10.7. The highest BCUT2D eigenvalue weighted by atomic mass is 79.9. The summed E-state index contributed by atoms with van der Waals surface area (Å²) in [6.45, 7) is 2.27.